The Labute approximate surface area is 149 Å². The van der Waals surface area contributed by atoms with Crippen molar-refractivity contribution < 1.29 is 14.4 Å². The lowest BCUT2D eigenvalue weighted by Gasteiger charge is -2.20. The van der Waals surface area contributed by atoms with Gasteiger partial charge in [0, 0.05) is 18.9 Å². The van der Waals surface area contributed by atoms with Gasteiger partial charge < -0.3 is 4.90 Å². The smallest absolute Gasteiger partial charge is 0.256 e. The average Bonchev–Trinajstić information content (AvgIpc) is 2.68. The summed E-state index contributed by atoms with van der Waals surface area (Å²) in [6.45, 7) is 1.69. The van der Waals surface area contributed by atoms with E-state index in [1.54, 1.807) is 43.6 Å². The van der Waals surface area contributed by atoms with Gasteiger partial charge in [0.25, 0.3) is 11.8 Å². The topological polar surface area (TPSA) is 83.5 Å². The van der Waals surface area contributed by atoms with Crippen LogP contribution in [-0.2, 0) is 9.59 Å². The van der Waals surface area contributed by atoms with Gasteiger partial charge in [-0.3, -0.25) is 14.4 Å². The van der Waals surface area contributed by atoms with Gasteiger partial charge in [-0.2, -0.15) is 0 Å². The molecule has 0 saturated heterocycles. The van der Waals surface area contributed by atoms with Crippen molar-refractivity contribution in [1.82, 2.24) is 14.9 Å². The maximum Gasteiger partial charge on any atom is 0.256 e. The highest BCUT2D eigenvalue weighted by atomic mass is 32.2. The number of nitrogens with zero attached hydrogens (tertiary/aromatic N) is 4. The monoisotopic (exact) mass is 356 g/mol. The van der Waals surface area contributed by atoms with Gasteiger partial charge in [-0.1, -0.05) is 23.9 Å². The second-order valence-corrected chi connectivity index (χ2v) is 6.51. The molecule has 0 bridgehead atoms. The fourth-order valence-electron chi connectivity index (χ4n) is 2.49. The van der Waals surface area contributed by atoms with E-state index in [1.807, 2.05) is 6.92 Å². The molecular weight excluding hydrogens is 340 g/mol. The third-order valence-corrected chi connectivity index (χ3v) is 4.54. The van der Waals surface area contributed by atoms with E-state index in [4.69, 9.17) is 0 Å². The van der Waals surface area contributed by atoms with Gasteiger partial charge in [-0.15, -0.1) is 0 Å². The van der Waals surface area contributed by atoms with Crippen molar-refractivity contribution in [2.24, 2.45) is 0 Å². The number of aryl methyl sites for hydroxylation is 1. The van der Waals surface area contributed by atoms with Crippen LogP contribution in [0.4, 0.5) is 5.69 Å². The van der Waals surface area contributed by atoms with Gasteiger partial charge in [0.05, 0.1) is 17.0 Å². The molecule has 3 rings (SSSR count). The van der Waals surface area contributed by atoms with E-state index in [0.29, 0.717) is 16.4 Å². The number of benzene rings is 1. The number of para-hydroxylation sites is 1. The molecule has 0 aliphatic carbocycles. The van der Waals surface area contributed by atoms with Gasteiger partial charge in [0.1, 0.15) is 6.54 Å². The van der Waals surface area contributed by atoms with Gasteiger partial charge in [0.15, 0.2) is 5.16 Å². The van der Waals surface area contributed by atoms with Crippen LogP contribution in [0.2, 0.25) is 0 Å². The predicted molar refractivity (Wildman–Crippen MR) is 93.4 cm³/mol. The lowest BCUT2D eigenvalue weighted by atomic mass is 10.1. The van der Waals surface area contributed by atoms with Gasteiger partial charge >= 0.3 is 0 Å². The molecule has 1 aliphatic heterocycles. The first-order valence-electron chi connectivity index (χ1n) is 7.60. The van der Waals surface area contributed by atoms with Gasteiger partial charge in [0.2, 0.25) is 5.91 Å². The number of amides is 3. The van der Waals surface area contributed by atoms with E-state index in [-0.39, 0.29) is 18.2 Å². The number of rotatable bonds is 3. The molecule has 1 aliphatic rings. The number of hydrogen-bond donors (Lipinski definition) is 0. The third kappa shape index (κ3) is 3.53. The summed E-state index contributed by atoms with van der Waals surface area (Å²) in [5.41, 5.74) is 1.45. The number of fused-ring (bicyclic) bond motifs is 1. The molecule has 0 fully saturated rings. The third-order valence-electron chi connectivity index (χ3n) is 3.69. The lowest BCUT2D eigenvalue weighted by molar-refractivity contribution is -0.125. The van der Waals surface area contributed by atoms with E-state index in [1.165, 1.54) is 4.90 Å². The molecule has 0 atom stereocenters. The van der Waals surface area contributed by atoms with Crippen LogP contribution in [0.25, 0.3) is 0 Å². The van der Waals surface area contributed by atoms with E-state index in [9.17, 15) is 14.4 Å². The first-order chi connectivity index (χ1) is 12.0. The van der Waals surface area contributed by atoms with Crippen molar-refractivity contribution in [3.63, 3.8) is 0 Å². The molecule has 1 aromatic carbocycles. The molecule has 8 heteroatoms. The van der Waals surface area contributed by atoms with Crippen molar-refractivity contribution in [1.29, 1.82) is 0 Å². The number of likely N-dealkylation sites (N-methyl/N-ethyl adjacent to an activating group) is 1. The minimum atomic E-state index is -0.434. The van der Waals surface area contributed by atoms with Crippen LogP contribution in [0, 0.1) is 6.92 Å². The summed E-state index contributed by atoms with van der Waals surface area (Å²) in [5, 5.41) is 0.470. The van der Waals surface area contributed by atoms with Crippen LogP contribution >= 0.6 is 11.8 Å². The second-order valence-electron chi connectivity index (χ2n) is 5.57. The maximum atomic E-state index is 12.7. The number of carbonyl (C=O) groups excluding carboxylic acids is 3. The minimum Gasteiger partial charge on any atom is -0.332 e. The summed E-state index contributed by atoms with van der Waals surface area (Å²) in [7, 11) is 1.54. The molecule has 0 N–H and O–H groups in total. The Morgan fingerprint density at radius 2 is 2.00 bits per heavy atom. The predicted octanol–water partition coefficient (Wildman–Crippen LogP) is 1.52. The summed E-state index contributed by atoms with van der Waals surface area (Å²) in [6, 6.07) is 8.39. The normalized spacial score (nSPS) is 14.3. The zero-order chi connectivity index (χ0) is 18.0. The highest BCUT2D eigenvalue weighted by molar-refractivity contribution is 7.99. The zero-order valence-corrected chi connectivity index (χ0v) is 14.6. The Hall–Kier alpha value is -2.74. The first-order valence-corrected chi connectivity index (χ1v) is 8.58. The number of carbonyl (C=O) groups is 3. The number of thioether (sulfide) groups is 1. The van der Waals surface area contributed by atoms with Crippen LogP contribution in [0.1, 0.15) is 16.1 Å². The molecule has 0 radical (unpaired) electrons. The fraction of sp³-hybridized carbons (Fsp3) is 0.235. The highest BCUT2D eigenvalue weighted by Crippen LogP contribution is 2.26. The number of aromatic nitrogens is 2. The van der Waals surface area contributed by atoms with Crippen LogP contribution in [0.3, 0.4) is 0 Å². The molecule has 7 nitrogen and oxygen atoms in total. The van der Waals surface area contributed by atoms with Gasteiger partial charge in [-0.05, 0) is 25.1 Å². The Bertz CT molecular complexity index is 855. The highest BCUT2D eigenvalue weighted by Gasteiger charge is 2.33. The zero-order valence-electron chi connectivity index (χ0n) is 13.8. The molecule has 2 heterocycles. The van der Waals surface area contributed by atoms with Crippen LogP contribution in [-0.4, -0.2) is 51.9 Å². The van der Waals surface area contributed by atoms with Crippen molar-refractivity contribution in [3.05, 3.63) is 47.8 Å². The SMILES string of the molecule is Cc1ccnc(SCC(=O)N2C(=O)CN(C)C(=O)c3ccccc32)n1. The van der Waals surface area contributed by atoms with Crippen molar-refractivity contribution in [3.8, 4) is 0 Å². The van der Waals surface area contributed by atoms with Gasteiger partial charge in [-0.25, -0.2) is 14.9 Å². The largest absolute Gasteiger partial charge is 0.332 e. The number of anilines is 1. The van der Waals surface area contributed by atoms with Crippen molar-refractivity contribution >= 4 is 35.2 Å². The van der Waals surface area contributed by atoms with Crippen molar-refractivity contribution in [2.75, 3.05) is 24.2 Å². The summed E-state index contributed by atoms with van der Waals surface area (Å²) in [6.07, 6.45) is 1.62. The van der Waals surface area contributed by atoms with Crippen LogP contribution in [0.15, 0.2) is 41.7 Å². The molecule has 1 aromatic heterocycles. The second kappa shape index (κ2) is 7.02. The Morgan fingerprint density at radius 1 is 1.24 bits per heavy atom. The quantitative estimate of drug-likeness (QED) is 0.612. The lowest BCUT2D eigenvalue weighted by Crippen LogP contribution is -2.42. The standard InChI is InChI=1S/C17H16N4O3S/c1-11-7-8-18-17(19-11)25-10-15(23)21-13-6-4-3-5-12(13)16(24)20(2)9-14(21)22/h3-8H,9-10H2,1-2H3. The molecule has 0 spiro atoms. The maximum absolute atomic E-state index is 12.7. The Morgan fingerprint density at radius 3 is 2.76 bits per heavy atom. The molecule has 128 valence electrons. The summed E-state index contributed by atoms with van der Waals surface area (Å²) in [5.74, 6) is -1.12. The summed E-state index contributed by atoms with van der Waals surface area (Å²) in [4.78, 5) is 48.3. The molecule has 2 aromatic rings. The van der Waals surface area contributed by atoms with E-state index in [2.05, 4.69) is 9.97 Å². The first kappa shape index (κ1) is 17.1. The Balaban J connectivity index is 1.86. The Kier molecular flexibility index (Phi) is 4.80. The molecular formula is C17H16N4O3S. The fourth-order valence-corrected chi connectivity index (χ4v) is 3.22. The van der Waals surface area contributed by atoms with Crippen LogP contribution < -0.4 is 4.90 Å². The van der Waals surface area contributed by atoms with E-state index in [0.717, 1.165) is 22.4 Å². The van der Waals surface area contributed by atoms with Crippen LogP contribution in [0.5, 0.6) is 0 Å². The summed E-state index contributed by atoms with van der Waals surface area (Å²) < 4.78 is 0. The minimum absolute atomic E-state index is 0.00142. The average molecular weight is 356 g/mol. The van der Waals surface area contributed by atoms with E-state index >= 15 is 0 Å². The molecule has 25 heavy (non-hydrogen) atoms. The molecule has 3 amide bonds. The number of hydrogen-bond acceptors (Lipinski definition) is 6. The molecule has 0 unspecified atom stereocenters. The van der Waals surface area contributed by atoms with E-state index < -0.39 is 11.8 Å². The van der Waals surface area contributed by atoms with Crippen molar-refractivity contribution in [2.45, 2.75) is 12.1 Å². The molecule has 0 saturated carbocycles. The number of imide groups is 1. The summed E-state index contributed by atoms with van der Waals surface area (Å²) >= 11 is 1.16.